The molecule has 0 amide bonds. The van der Waals surface area contributed by atoms with E-state index in [-0.39, 0.29) is 6.04 Å². The fraction of sp³-hybridized carbons (Fsp3) is 0.286. The van der Waals surface area contributed by atoms with E-state index in [1.165, 1.54) is 5.69 Å². The lowest BCUT2D eigenvalue weighted by atomic mass is 10.1. The van der Waals surface area contributed by atoms with Crippen molar-refractivity contribution in [2.45, 2.75) is 25.9 Å². The van der Waals surface area contributed by atoms with Gasteiger partial charge in [0.15, 0.2) is 0 Å². The molecular weight excluding hydrogens is 224 g/mol. The van der Waals surface area contributed by atoms with Gasteiger partial charge in [0, 0.05) is 36.1 Å². The first-order valence-corrected chi connectivity index (χ1v) is 5.94. The molecule has 1 atom stereocenters. The monoisotopic (exact) mass is 240 g/mol. The number of nitrogens with two attached hydrogens (primary N) is 1. The smallest absolute Gasteiger partial charge is 0.145 e. The minimum Gasteiger partial charge on any atom is -0.347 e. The first-order chi connectivity index (χ1) is 8.70. The van der Waals surface area contributed by atoms with E-state index < -0.39 is 0 Å². The van der Waals surface area contributed by atoms with Crippen molar-refractivity contribution in [2.75, 3.05) is 0 Å². The Labute approximate surface area is 107 Å². The summed E-state index contributed by atoms with van der Waals surface area (Å²) in [6.45, 7) is 2.65. The van der Waals surface area contributed by atoms with Gasteiger partial charge in [-0.25, -0.2) is 4.98 Å². The van der Waals surface area contributed by atoms with Crippen molar-refractivity contribution in [3.05, 3.63) is 53.6 Å². The molecule has 4 nitrogen and oxygen atoms in total. The molecule has 0 aromatic carbocycles. The van der Waals surface area contributed by atoms with Crippen molar-refractivity contribution in [1.29, 1.82) is 5.26 Å². The van der Waals surface area contributed by atoms with Gasteiger partial charge in [-0.15, -0.1) is 0 Å². The van der Waals surface area contributed by atoms with Gasteiger partial charge in [-0.2, -0.15) is 5.26 Å². The van der Waals surface area contributed by atoms with Crippen LogP contribution in [0.3, 0.4) is 0 Å². The van der Waals surface area contributed by atoms with Gasteiger partial charge in [0.2, 0.25) is 0 Å². The van der Waals surface area contributed by atoms with Crippen molar-refractivity contribution >= 4 is 0 Å². The number of hydrogen-bond acceptors (Lipinski definition) is 3. The number of aromatic nitrogens is 2. The molecule has 0 aliphatic heterocycles. The lowest BCUT2D eigenvalue weighted by molar-refractivity contribution is 0.665. The molecular formula is C14H16N4. The Morgan fingerprint density at radius 3 is 3.00 bits per heavy atom. The Balaban J connectivity index is 2.24. The Hall–Kier alpha value is -2.12. The highest BCUT2D eigenvalue weighted by Gasteiger charge is 2.07. The minimum atomic E-state index is 0.128. The van der Waals surface area contributed by atoms with E-state index in [2.05, 4.69) is 21.7 Å². The third-order valence-corrected chi connectivity index (χ3v) is 2.79. The molecule has 0 aliphatic rings. The highest BCUT2D eigenvalue weighted by atomic mass is 15.0. The quantitative estimate of drug-likeness (QED) is 0.884. The van der Waals surface area contributed by atoms with Gasteiger partial charge < -0.3 is 10.3 Å². The molecule has 0 spiro atoms. The zero-order chi connectivity index (χ0) is 13.0. The maximum Gasteiger partial charge on any atom is 0.145 e. The molecule has 0 radical (unpaired) electrons. The van der Waals surface area contributed by atoms with Crippen LogP contribution in [-0.4, -0.2) is 15.6 Å². The molecule has 18 heavy (non-hydrogen) atoms. The number of nitriles is 1. The molecule has 0 aliphatic carbocycles. The third-order valence-electron chi connectivity index (χ3n) is 2.79. The van der Waals surface area contributed by atoms with Crippen LogP contribution in [-0.2, 0) is 13.0 Å². The van der Waals surface area contributed by atoms with Crippen LogP contribution in [0.25, 0.3) is 0 Å². The summed E-state index contributed by atoms with van der Waals surface area (Å²) in [6, 6.07) is 10.1. The summed E-state index contributed by atoms with van der Waals surface area (Å²) in [5.41, 5.74) is 8.42. The Morgan fingerprint density at radius 1 is 1.44 bits per heavy atom. The molecule has 2 rings (SSSR count). The second kappa shape index (κ2) is 5.48. The van der Waals surface area contributed by atoms with E-state index in [1.54, 1.807) is 6.20 Å². The van der Waals surface area contributed by atoms with E-state index in [1.807, 2.05) is 31.3 Å². The Kier molecular flexibility index (Phi) is 3.75. The Bertz CT molecular complexity index is 563. The summed E-state index contributed by atoms with van der Waals surface area (Å²) < 4.78 is 2.11. The summed E-state index contributed by atoms with van der Waals surface area (Å²) in [6.07, 6.45) is 4.47. The van der Waals surface area contributed by atoms with Gasteiger partial charge in [-0.3, -0.25) is 0 Å². The molecule has 0 saturated carbocycles. The molecule has 0 bridgehead atoms. The molecule has 92 valence electrons. The zero-order valence-corrected chi connectivity index (χ0v) is 10.4. The minimum absolute atomic E-state index is 0.128. The second-order valence-corrected chi connectivity index (χ2v) is 4.43. The van der Waals surface area contributed by atoms with Gasteiger partial charge in [0.25, 0.3) is 0 Å². The molecule has 2 heterocycles. The van der Waals surface area contributed by atoms with Gasteiger partial charge in [0.1, 0.15) is 11.8 Å². The van der Waals surface area contributed by atoms with Gasteiger partial charge in [-0.05, 0) is 25.1 Å². The number of hydrogen-bond donors (Lipinski definition) is 1. The van der Waals surface area contributed by atoms with Crippen LogP contribution in [0.5, 0.6) is 0 Å². The fourth-order valence-corrected chi connectivity index (χ4v) is 1.97. The highest BCUT2D eigenvalue weighted by Crippen LogP contribution is 2.11. The van der Waals surface area contributed by atoms with E-state index in [4.69, 9.17) is 11.0 Å². The fourth-order valence-electron chi connectivity index (χ4n) is 1.97. The maximum absolute atomic E-state index is 9.02. The number of pyridine rings is 1. The van der Waals surface area contributed by atoms with E-state index in [0.717, 1.165) is 12.0 Å². The average molecular weight is 240 g/mol. The summed E-state index contributed by atoms with van der Waals surface area (Å²) in [5.74, 6) is 0. The summed E-state index contributed by atoms with van der Waals surface area (Å²) in [5, 5.41) is 9.02. The summed E-state index contributed by atoms with van der Waals surface area (Å²) >= 11 is 0. The Morgan fingerprint density at radius 2 is 2.28 bits per heavy atom. The standard InChI is InChI=1S/C14H16N4/c1-11(16)8-13-5-3-7-18(13)10-12-4-2-6-17-14(12)9-15/h2-7,11H,8,10,16H2,1H3. The first-order valence-electron chi connectivity index (χ1n) is 5.94. The van der Waals surface area contributed by atoms with Crippen molar-refractivity contribution < 1.29 is 0 Å². The van der Waals surface area contributed by atoms with E-state index in [9.17, 15) is 0 Å². The predicted molar refractivity (Wildman–Crippen MR) is 69.8 cm³/mol. The van der Waals surface area contributed by atoms with Crippen LogP contribution in [0.15, 0.2) is 36.7 Å². The van der Waals surface area contributed by atoms with Crippen molar-refractivity contribution in [3.8, 4) is 6.07 Å². The van der Waals surface area contributed by atoms with Crippen LogP contribution >= 0.6 is 0 Å². The molecule has 2 aromatic rings. The largest absolute Gasteiger partial charge is 0.347 e. The zero-order valence-electron chi connectivity index (χ0n) is 10.4. The lowest BCUT2D eigenvalue weighted by Gasteiger charge is -2.11. The van der Waals surface area contributed by atoms with Gasteiger partial charge >= 0.3 is 0 Å². The number of nitrogens with zero attached hydrogens (tertiary/aromatic N) is 3. The van der Waals surface area contributed by atoms with Crippen molar-refractivity contribution in [2.24, 2.45) is 5.73 Å². The van der Waals surface area contributed by atoms with Gasteiger partial charge in [0.05, 0.1) is 6.54 Å². The molecule has 0 fully saturated rings. The van der Waals surface area contributed by atoms with E-state index in [0.29, 0.717) is 12.2 Å². The highest BCUT2D eigenvalue weighted by molar-refractivity contribution is 5.31. The van der Waals surface area contributed by atoms with Crippen LogP contribution < -0.4 is 5.73 Å². The first kappa shape index (κ1) is 12.3. The summed E-state index contributed by atoms with van der Waals surface area (Å²) in [7, 11) is 0. The van der Waals surface area contributed by atoms with Crippen molar-refractivity contribution in [3.63, 3.8) is 0 Å². The third kappa shape index (κ3) is 2.76. The van der Waals surface area contributed by atoms with Gasteiger partial charge in [-0.1, -0.05) is 6.07 Å². The van der Waals surface area contributed by atoms with Crippen LogP contribution in [0, 0.1) is 11.3 Å². The number of rotatable bonds is 4. The second-order valence-electron chi connectivity index (χ2n) is 4.43. The maximum atomic E-state index is 9.02. The van der Waals surface area contributed by atoms with Crippen LogP contribution in [0.1, 0.15) is 23.9 Å². The van der Waals surface area contributed by atoms with Crippen LogP contribution in [0.2, 0.25) is 0 Å². The average Bonchev–Trinajstić information content (AvgIpc) is 2.76. The predicted octanol–water partition coefficient (Wildman–Crippen LogP) is 1.69. The molecule has 2 aromatic heterocycles. The lowest BCUT2D eigenvalue weighted by Crippen LogP contribution is -2.20. The normalized spacial score (nSPS) is 12.1. The van der Waals surface area contributed by atoms with E-state index >= 15 is 0 Å². The summed E-state index contributed by atoms with van der Waals surface area (Å²) in [4.78, 5) is 4.07. The van der Waals surface area contributed by atoms with Crippen LogP contribution in [0.4, 0.5) is 0 Å². The SMILES string of the molecule is CC(N)Cc1cccn1Cc1cccnc1C#N. The van der Waals surface area contributed by atoms with Crippen molar-refractivity contribution in [1.82, 2.24) is 9.55 Å². The molecule has 2 N–H and O–H groups in total. The molecule has 0 saturated heterocycles. The molecule has 1 unspecified atom stereocenters. The topological polar surface area (TPSA) is 67.6 Å². The molecule has 4 heteroatoms.